The monoisotopic (exact) mass is 363 g/mol. The molecular formula is C23H25NO3. The molecule has 0 spiro atoms. The van der Waals surface area contributed by atoms with Gasteiger partial charge in [-0.25, -0.2) is 4.79 Å². The molecule has 0 radical (unpaired) electrons. The van der Waals surface area contributed by atoms with Gasteiger partial charge < -0.3 is 10.1 Å². The molecule has 0 saturated carbocycles. The van der Waals surface area contributed by atoms with Crippen molar-refractivity contribution in [1.82, 2.24) is 5.32 Å². The van der Waals surface area contributed by atoms with Gasteiger partial charge in [0.15, 0.2) is 0 Å². The Morgan fingerprint density at radius 3 is 2.15 bits per heavy atom. The smallest absolute Gasteiger partial charge is 0.354 e. The topological polar surface area (TPSA) is 55.4 Å². The maximum atomic E-state index is 12.4. The van der Waals surface area contributed by atoms with E-state index in [0.717, 1.165) is 17.5 Å². The van der Waals surface area contributed by atoms with Gasteiger partial charge in [-0.3, -0.25) is 4.79 Å². The van der Waals surface area contributed by atoms with Crippen molar-refractivity contribution in [2.75, 3.05) is 6.61 Å². The second-order valence-corrected chi connectivity index (χ2v) is 6.52. The number of carbonyl (C=O) groups is 2. The van der Waals surface area contributed by atoms with E-state index in [2.05, 4.69) is 19.2 Å². The van der Waals surface area contributed by atoms with Crippen LogP contribution in [0.3, 0.4) is 0 Å². The van der Waals surface area contributed by atoms with Crippen molar-refractivity contribution in [3.05, 3.63) is 83.6 Å². The maximum Gasteiger partial charge on any atom is 0.354 e. The molecule has 1 N–H and O–H groups in total. The van der Waals surface area contributed by atoms with Crippen molar-refractivity contribution >= 4 is 24.0 Å². The average Bonchev–Trinajstić information content (AvgIpc) is 2.67. The first-order chi connectivity index (χ1) is 13.0. The fourth-order valence-electron chi connectivity index (χ4n) is 2.24. The number of carbonyl (C=O) groups excluding carboxylic acids is 2. The lowest BCUT2D eigenvalue weighted by molar-refractivity contribution is -0.140. The number of nitrogens with one attached hydrogen (secondary N) is 1. The fraction of sp³-hybridized carbons (Fsp3) is 0.217. The molecule has 4 heteroatoms. The standard InChI is InChI=1S/C23H25NO3/c1-18(2)15-16-27-23(26)21(17-20-11-7-4-8-12-20)24-22(25)14-13-19-9-5-3-6-10-19/h3-14,17-18H,15-16H2,1-2H3,(H,24,25)/b14-13+,21-17+. The minimum Gasteiger partial charge on any atom is -0.461 e. The van der Waals surface area contributed by atoms with Gasteiger partial charge in [-0.05, 0) is 35.6 Å². The van der Waals surface area contributed by atoms with Gasteiger partial charge in [-0.2, -0.15) is 0 Å². The Labute approximate surface area is 160 Å². The summed E-state index contributed by atoms with van der Waals surface area (Å²) >= 11 is 0. The van der Waals surface area contributed by atoms with Crippen LogP contribution in [0.5, 0.6) is 0 Å². The number of hydrogen-bond acceptors (Lipinski definition) is 3. The van der Waals surface area contributed by atoms with Gasteiger partial charge in [0.2, 0.25) is 5.91 Å². The van der Waals surface area contributed by atoms with Crippen LogP contribution in [0.4, 0.5) is 0 Å². The van der Waals surface area contributed by atoms with E-state index >= 15 is 0 Å². The molecule has 0 fully saturated rings. The second kappa shape index (κ2) is 10.8. The summed E-state index contributed by atoms with van der Waals surface area (Å²) in [4.78, 5) is 24.7. The quantitative estimate of drug-likeness (QED) is 0.557. The molecule has 0 aliphatic carbocycles. The predicted molar refractivity (Wildman–Crippen MR) is 108 cm³/mol. The molecule has 0 saturated heterocycles. The molecule has 0 aliphatic heterocycles. The van der Waals surface area contributed by atoms with Gasteiger partial charge in [0.1, 0.15) is 5.70 Å². The summed E-state index contributed by atoms with van der Waals surface area (Å²) in [5, 5.41) is 2.63. The zero-order chi connectivity index (χ0) is 19.5. The van der Waals surface area contributed by atoms with E-state index in [0.29, 0.717) is 12.5 Å². The Hall–Kier alpha value is -3.14. The third kappa shape index (κ3) is 7.74. The Morgan fingerprint density at radius 1 is 0.963 bits per heavy atom. The van der Waals surface area contributed by atoms with Crippen LogP contribution in [0.1, 0.15) is 31.4 Å². The Bertz CT molecular complexity index is 793. The summed E-state index contributed by atoms with van der Waals surface area (Å²) in [5.74, 6) is -0.495. The van der Waals surface area contributed by atoms with Crippen LogP contribution in [-0.4, -0.2) is 18.5 Å². The van der Waals surface area contributed by atoms with Crippen LogP contribution >= 0.6 is 0 Å². The maximum absolute atomic E-state index is 12.4. The summed E-state index contributed by atoms with van der Waals surface area (Å²) < 4.78 is 5.30. The third-order valence-electron chi connectivity index (χ3n) is 3.74. The van der Waals surface area contributed by atoms with E-state index in [9.17, 15) is 9.59 Å². The molecular weight excluding hydrogens is 338 g/mol. The first kappa shape index (κ1) is 20.2. The van der Waals surface area contributed by atoms with Crippen LogP contribution in [0.25, 0.3) is 12.2 Å². The molecule has 2 aromatic rings. The third-order valence-corrected chi connectivity index (χ3v) is 3.74. The van der Waals surface area contributed by atoms with Crippen molar-refractivity contribution in [1.29, 1.82) is 0 Å². The predicted octanol–water partition coefficient (Wildman–Crippen LogP) is 4.45. The summed E-state index contributed by atoms with van der Waals surface area (Å²) in [7, 11) is 0. The van der Waals surface area contributed by atoms with E-state index in [4.69, 9.17) is 4.74 Å². The van der Waals surface area contributed by atoms with E-state index in [-0.39, 0.29) is 11.6 Å². The van der Waals surface area contributed by atoms with Crippen LogP contribution in [0, 0.1) is 5.92 Å². The largest absolute Gasteiger partial charge is 0.461 e. The Morgan fingerprint density at radius 2 is 1.56 bits per heavy atom. The molecule has 140 valence electrons. The van der Waals surface area contributed by atoms with Gasteiger partial charge in [0, 0.05) is 6.08 Å². The molecule has 0 aliphatic rings. The van der Waals surface area contributed by atoms with Crippen molar-refractivity contribution in [2.24, 2.45) is 5.92 Å². The van der Waals surface area contributed by atoms with Crippen molar-refractivity contribution < 1.29 is 14.3 Å². The molecule has 2 aromatic carbocycles. The summed E-state index contributed by atoms with van der Waals surface area (Å²) in [6, 6.07) is 18.8. The van der Waals surface area contributed by atoms with Gasteiger partial charge in [-0.15, -0.1) is 0 Å². The van der Waals surface area contributed by atoms with Crippen LogP contribution < -0.4 is 5.32 Å². The van der Waals surface area contributed by atoms with Crippen LogP contribution in [0.2, 0.25) is 0 Å². The number of rotatable bonds is 8. The molecule has 2 rings (SSSR count). The number of amides is 1. The molecule has 27 heavy (non-hydrogen) atoms. The van der Waals surface area contributed by atoms with Crippen molar-refractivity contribution in [3.8, 4) is 0 Å². The van der Waals surface area contributed by atoms with Gasteiger partial charge in [0.05, 0.1) is 6.61 Å². The fourth-order valence-corrected chi connectivity index (χ4v) is 2.24. The first-order valence-electron chi connectivity index (χ1n) is 9.02. The number of esters is 1. The van der Waals surface area contributed by atoms with Gasteiger partial charge in [-0.1, -0.05) is 74.5 Å². The minimum atomic E-state index is -0.541. The number of hydrogen-bond donors (Lipinski definition) is 1. The van der Waals surface area contributed by atoms with E-state index < -0.39 is 5.97 Å². The van der Waals surface area contributed by atoms with E-state index in [1.54, 1.807) is 12.2 Å². The summed E-state index contributed by atoms with van der Waals surface area (Å²) in [6.07, 6.45) is 5.48. The molecule has 1 amide bonds. The summed E-state index contributed by atoms with van der Waals surface area (Å²) in [6.45, 7) is 4.44. The number of ether oxygens (including phenoxy) is 1. The normalized spacial score (nSPS) is 11.6. The Balaban J connectivity index is 2.09. The lowest BCUT2D eigenvalue weighted by atomic mass is 10.1. The highest BCUT2D eigenvalue weighted by Gasteiger charge is 2.14. The highest BCUT2D eigenvalue weighted by molar-refractivity contribution is 6.02. The zero-order valence-corrected chi connectivity index (χ0v) is 15.7. The average molecular weight is 363 g/mol. The van der Waals surface area contributed by atoms with Gasteiger partial charge in [0.25, 0.3) is 0 Å². The minimum absolute atomic E-state index is 0.118. The van der Waals surface area contributed by atoms with Gasteiger partial charge >= 0.3 is 5.97 Å². The first-order valence-corrected chi connectivity index (χ1v) is 9.02. The Kier molecular flexibility index (Phi) is 8.04. The SMILES string of the molecule is CC(C)CCOC(=O)/C(=C\c1ccccc1)NC(=O)/C=C/c1ccccc1. The molecule has 0 bridgehead atoms. The van der Waals surface area contributed by atoms with Crippen molar-refractivity contribution in [2.45, 2.75) is 20.3 Å². The zero-order valence-electron chi connectivity index (χ0n) is 15.7. The van der Waals surface area contributed by atoms with Crippen molar-refractivity contribution in [3.63, 3.8) is 0 Å². The molecule has 0 unspecified atom stereocenters. The molecule has 0 heterocycles. The lowest BCUT2D eigenvalue weighted by Gasteiger charge is -2.10. The lowest BCUT2D eigenvalue weighted by Crippen LogP contribution is -2.27. The summed E-state index contributed by atoms with van der Waals surface area (Å²) in [5.41, 5.74) is 1.83. The van der Waals surface area contributed by atoms with Crippen LogP contribution in [-0.2, 0) is 14.3 Å². The molecule has 4 nitrogen and oxygen atoms in total. The number of benzene rings is 2. The molecule has 0 atom stereocenters. The highest BCUT2D eigenvalue weighted by atomic mass is 16.5. The van der Waals surface area contributed by atoms with E-state index in [1.807, 2.05) is 60.7 Å². The second-order valence-electron chi connectivity index (χ2n) is 6.52. The van der Waals surface area contributed by atoms with Crippen LogP contribution in [0.15, 0.2) is 72.4 Å². The molecule has 0 aromatic heterocycles. The highest BCUT2D eigenvalue weighted by Crippen LogP contribution is 2.08. The van der Waals surface area contributed by atoms with E-state index in [1.165, 1.54) is 6.08 Å².